The largest absolute Gasteiger partial charge is 0.441 e. The fourth-order valence-electron chi connectivity index (χ4n) is 0.742. The van der Waals surface area contributed by atoms with E-state index in [2.05, 4.69) is 20.5 Å². The summed E-state index contributed by atoms with van der Waals surface area (Å²) < 4.78 is 35.3. The van der Waals surface area contributed by atoms with E-state index in [1.54, 1.807) is 0 Å². The van der Waals surface area contributed by atoms with E-state index < -0.39 is 5.51 Å². The molecule has 0 aliphatic heterocycles. The van der Waals surface area contributed by atoms with E-state index >= 15 is 0 Å². The lowest BCUT2D eigenvalue weighted by Crippen LogP contribution is -2.11. The minimum atomic E-state index is -4.24. The molecule has 0 saturated carbocycles. The van der Waals surface area contributed by atoms with Crippen LogP contribution in [0.5, 0.6) is 0 Å². The lowest BCUT2D eigenvalue weighted by Gasteiger charge is -2.07. The van der Waals surface area contributed by atoms with Gasteiger partial charge in [-0.1, -0.05) is 11.6 Å². The molecule has 0 radical (unpaired) electrons. The highest BCUT2D eigenvalue weighted by Gasteiger charge is 2.27. The number of hydrogen-bond donors (Lipinski definition) is 1. The summed E-state index contributed by atoms with van der Waals surface area (Å²) >= 11 is 10.9. The van der Waals surface area contributed by atoms with E-state index in [9.17, 15) is 13.2 Å². The molecule has 0 fully saturated rings. The van der Waals surface area contributed by atoms with Crippen LogP contribution >= 0.6 is 35.0 Å². The van der Waals surface area contributed by atoms with Crippen LogP contribution in [-0.4, -0.2) is 33.0 Å². The van der Waals surface area contributed by atoms with Gasteiger partial charge in [0, 0.05) is 12.3 Å². The van der Waals surface area contributed by atoms with E-state index in [1.165, 1.54) is 0 Å². The second-order valence-corrected chi connectivity index (χ2v) is 4.30. The number of alkyl halides is 3. The lowest BCUT2D eigenvalue weighted by atomic mass is 10.6. The van der Waals surface area contributed by atoms with Crippen LogP contribution in [0.1, 0.15) is 0 Å². The molecule has 1 rings (SSSR count). The monoisotopic (exact) mass is 292 g/mol. The molecule has 0 unspecified atom stereocenters. The standard InChI is InChI=1S/C6H5Cl2F3N4S/c7-3-4(13-5(8)15-14-3)12-1-2-16-6(9,10)11/h1-2H2,(H,12,13,15). The third-order valence-electron chi connectivity index (χ3n) is 1.28. The summed E-state index contributed by atoms with van der Waals surface area (Å²) in [4.78, 5) is 3.66. The van der Waals surface area contributed by atoms with Crippen LogP contribution in [0.15, 0.2) is 0 Å². The normalized spacial score (nSPS) is 11.6. The van der Waals surface area contributed by atoms with Crippen LogP contribution in [0.4, 0.5) is 19.0 Å². The first-order valence-corrected chi connectivity index (χ1v) is 5.63. The number of anilines is 1. The minimum Gasteiger partial charge on any atom is -0.367 e. The van der Waals surface area contributed by atoms with E-state index in [-0.39, 0.29) is 40.3 Å². The van der Waals surface area contributed by atoms with Gasteiger partial charge in [-0.25, -0.2) is 0 Å². The first-order valence-electron chi connectivity index (χ1n) is 3.89. The number of hydrogen-bond acceptors (Lipinski definition) is 5. The molecule has 0 amide bonds. The van der Waals surface area contributed by atoms with Gasteiger partial charge >= 0.3 is 5.51 Å². The van der Waals surface area contributed by atoms with Crippen LogP contribution in [0, 0.1) is 0 Å². The van der Waals surface area contributed by atoms with Gasteiger partial charge in [-0.05, 0) is 23.4 Å². The van der Waals surface area contributed by atoms with Gasteiger partial charge in [-0.15, -0.1) is 10.2 Å². The Morgan fingerprint density at radius 1 is 1.25 bits per heavy atom. The summed E-state index contributed by atoms with van der Waals surface area (Å²) in [5.41, 5.74) is -4.24. The zero-order valence-electron chi connectivity index (χ0n) is 7.55. The van der Waals surface area contributed by atoms with Gasteiger partial charge in [0.05, 0.1) is 0 Å². The summed E-state index contributed by atoms with van der Waals surface area (Å²) in [5, 5.41) is 9.20. The third kappa shape index (κ3) is 5.04. The topological polar surface area (TPSA) is 50.7 Å². The van der Waals surface area contributed by atoms with Crippen molar-refractivity contribution in [3.8, 4) is 0 Å². The van der Waals surface area contributed by atoms with Crippen LogP contribution in [0.25, 0.3) is 0 Å². The highest BCUT2D eigenvalue weighted by Crippen LogP contribution is 2.29. The minimum absolute atomic E-state index is 0.0404. The van der Waals surface area contributed by atoms with Gasteiger partial charge < -0.3 is 5.32 Å². The maximum atomic E-state index is 11.8. The Balaban J connectivity index is 2.40. The van der Waals surface area contributed by atoms with Crippen LogP contribution in [0.2, 0.25) is 10.4 Å². The summed E-state index contributed by atoms with van der Waals surface area (Å²) in [5.74, 6) is -0.0500. The molecule has 0 aliphatic rings. The fraction of sp³-hybridized carbons (Fsp3) is 0.500. The molecule has 1 aromatic rings. The first kappa shape index (κ1) is 13.6. The summed E-state index contributed by atoms with van der Waals surface area (Å²) in [6, 6.07) is 0. The molecule has 16 heavy (non-hydrogen) atoms. The van der Waals surface area contributed by atoms with E-state index in [0.29, 0.717) is 0 Å². The molecule has 0 atom stereocenters. The highest BCUT2D eigenvalue weighted by molar-refractivity contribution is 8.00. The SMILES string of the molecule is FC(F)(F)SCCNc1nc(Cl)nnc1Cl. The number of nitrogens with one attached hydrogen (secondary N) is 1. The van der Waals surface area contributed by atoms with Crippen molar-refractivity contribution in [2.75, 3.05) is 17.6 Å². The average molecular weight is 293 g/mol. The first-order chi connectivity index (χ1) is 7.38. The number of thioether (sulfide) groups is 1. The van der Waals surface area contributed by atoms with Crippen LogP contribution in [-0.2, 0) is 0 Å². The molecule has 4 nitrogen and oxygen atoms in total. The Hall–Kier alpha value is -0.470. The smallest absolute Gasteiger partial charge is 0.367 e. The van der Waals surface area contributed by atoms with Crippen LogP contribution in [0.3, 0.4) is 0 Å². The molecule has 0 aliphatic carbocycles. The van der Waals surface area contributed by atoms with Crippen molar-refractivity contribution in [3.63, 3.8) is 0 Å². The van der Waals surface area contributed by atoms with Gasteiger partial charge in [0.15, 0.2) is 11.0 Å². The van der Waals surface area contributed by atoms with Crippen LogP contribution < -0.4 is 5.32 Å². The Morgan fingerprint density at radius 3 is 2.56 bits per heavy atom. The molecule has 0 aromatic carbocycles. The maximum Gasteiger partial charge on any atom is 0.441 e. The van der Waals surface area contributed by atoms with E-state index in [4.69, 9.17) is 23.2 Å². The molecule has 1 aromatic heterocycles. The average Bonchev–Trinajstić information content (AvgIpc) is 2.16. The second kappa shape index (κ2) is 5.74. The molecule has 0 saturated heterocycles. The Bertz CT molecular complexity index is 362. The van der Waals surface area contributed by atoms with Gasteiger partial charge in [0.25, 0.3) is 0 Å². The van der Waals surface area contributed by atoms with Crippen molar-refractivity contribution in [1.82, 2.24) is 15.2 Å². The molecule has 0 bridgehead atoms. The predicted molar refractivity (Wildman–Crippen MR) is 56.8 cm³/mol. The zero-order valence-corrected chi connectivity index (χ0v) is 9.88. The van der Waals surface area contributed by atoms with Gasteiger partial charge in [-0.2, -0.15) is 18.2 Å². The number of halogens is 5. The predicted octanol–water partition coefficient (Wildman–Crippen LogP) is 2.84. The van der Waals surface area contributed by atoms with Gasteiger partial charge in [-0.3, -0.25) is 0 Å². The van der Waals surface area contributed by atoms with Crippen molar-refractivity contribution < 1.29 is 13.2 Å². The van der Waals surface area contributed by atoms with Crippen molar-refractivity contribution >= 4 is 40.8 Å². The molecular weight excluding hydrogens is 288 g/mol. The summed E-state index contributed by atoms with van der Waals surface area (Å²) in [6.45, 7) is 0.0406. The fourth-order valence-corrected chi connectivity index (χ4v) is 1.45. The Kier molecular flexibility index (Phi) is 4.88. The Labute approximate surface area is 103 Å². The van der Waals surface area contributed by atoms with Crippen molar-refractivity contribution in [2.45, 2.75) is 5.51 Å². The number of nitrogens with zero attached hydrogens (tertiary/aromatic N) is 3. The van der Waals surface area contributed by atoms with Crippen molar-refractivity contribution in [3.05, 3.63) is 10.4 Å². The van der Waals surface area contributed by atoms with E-state index in [0.717, 1.165) is 0 Å². The second-order valence-electron chi connectivity index (χ2n) is 2.44. The molecular formula is C6H5Cl2F3N4S. The maximum absolute atomic E-state index is 11.8. The molecule has 90 valence electrons. The van der Waals surface area contributed by atoms with Crippen molar-refractivity contribution in [1.29, 1.82) is 0 Å². The number of aromatic nitrogens is 3. The lowest BCUT2D eigenvalue weighted by molar-refractivity contribution is -0.0327. The zero-order chi connectivity index (χ0) is 12.2. The summed E-state index contributed by atoms with van der Waals surface area (Å²) in [6.07, 6.45) is 0. The third-order valence-corrected chi connectivity index (χ3v) is 2.43. The highest BCUT2D eigenvalue weighted by atomic mass is 35.5. The number of rotatable bonds is 4. The van der Waals surface area contributed by atoms with E-state index in [1.807, 2.05) is 0 Å². The van der Waals surface area contributed by atoms with Gasteiger partial charge in [0.2, 0.25) is 5.28 Å². The molecule has 10 heteroatoms. The summed E-state index contributed by atoms with van der Waals surface area (Å²) in [7, 11) is 0. The Morgan fingerprint density at radius 2 is 1.94 bits per heavy atom. The quantitative estimate of drug-likeness (QED) is 0.865. The molecule has 0 spiro atoms. The molecule has 1 heterocycles. The van der Waals surface area contributed by atoms with Crippen molar-refractivity contribution in [2.24, 2.45) is 0 Å². The molecule has 1 N–H and O–H groups in total. The van der Waals surface area contributed by atoms with Gasteiger partial charge in [0.1, 0.15) is 0 Å².